The zero-order chi connectivity index (χ0) is 18.5. The van der Waals surface area contributed by atoms with E-state index in [0.29, 0.717) is 19.6 Å². The van der Waals surface area contributed by atoms with E-state index in [9.17, 15) is 9.59 Å². The van der Waals surface area contributed by atoms with Gasteiger partial charge in [0.25, 0.3) is 0 Å². The molecule has 1 saturated heterocycles. The van der Waals surface area contributed by atoms with Crippen LogP contribution in [-0.4, -0.2) is 35.8 Å². The Morgan fingerprint density at radius 3 is 2.37 bits per heavy atom. The lowest BCUT2D eigenvalue weighted by Crippen LogP contribution is -2.46. The molecule has 0 radical (unpaired) electrons. The average molecular weight is 394 g/mol. The molecule has 1 saturated carbocycles. The first kappa shape index (κ1) is 21.7. The van der Waals surface area contributed by atoms with Crippen molar-refractivity contribution < 1.29 is 9.59 Å². The molecule has 2 aliphatic rings. The topological polar surface area (TPSA) is 75.4 Å². The van der Waals surface area contributed by atoms with Crippen molar-refractivity contribution in [1.82, 2.24) is 10.2 Å². The highest BCUT2D eigenvalue weighted by Gasteiger charge is 2.32. The fraction of sp³-hybridized carbons (Fsp3) is 0.619. The number of hydrogen-bond acceptors (Lipinski definition) is 3. The van der Waals surface area contributed by atoms with Crippen LogP contribution in [0.1, 0.15) is 49.7 Å². The molecule has 3 N–H and O–H groups in total. The smallest absolute Gasteiger partial charge is 0.225 e. The number of rotatable bonds is 4. The molecule has 5 nitrogen and oxygen atoms in total. The monoisotopic (exact) mass is 393 g/mol. The summed E-state index contributed by atoms with van der Waals surface area (Å²) < 4.78 is 0. The second-order valence-corrected chi connectivity index (χ2v) is 7.93. The summed E-state index contributed by atoms with van der Waals surface area (Å²) in [5.41, 5.74) is 8.35. The van der Waals surface area contributed by atoms with Crippen LogP contribution in [0, 0.1) is 18.8 Å². The molecule has 1 heterocycles. The predicted octanol–water partition coefficient (Wildman–Crippen LogP) is 2.79. The molecule has 0 aromatic heterocycles. The Morgan fingerprint density at radius 2 is 1.74 bits per heavy atom. The average Bonchev–Trinajstić information content (AvgIpc) is 2.67. The third kappa shape index (κ3) is 5.94. The van der Waals surface area contributed by atoms with Gasteiger partial charge < -0.3 is 16.0 Å². The minimum Gasteiger partial charge on any atom is -0.352 e. The Labute approximate surface area is 168 Å². The summed E-state index contributed by atoms with van der Waals surface area (Å²) in [4.78, 5) is 27.1. The minimum absolute atomic E-state index is 0. The van der Waals surface area contributed by atoms with Gasteiger partial charge in [-0.25, -0.2) is 0 Å². The molecule has 1 aliphatic carbocycles. The van der Waals surface area contributed by atoms with Crippen molar-refractivity contribution >= 4 is 24.2 Å². The zero-order valence-electron chi connectivity index (χ0n) is 16.2. The van der Waals surface area contributed by atoms with Gasteiger partial charge in [0.1, 0.15) is 0 Å². The van der Waals surface area contributed by atoms with E-state index in [0.717, 1.165) is 44.1 Å². The summed E-state index contributed by atoms with van der Waals surface area (Å²) in [6.07, 6.45) is 5.37. The highest BCUT2D eigenvalue weighted by molar-refractivity contribution is 5.85. The lowest BCUT2D eigenvalue weighted by atomic mass is 9.84. The van der Waals surface area contributed by atoms with E-state index in [1.54, 1.807) is 0 Å². The maximum Gasteiger partial charge on any atom is 0.225 e. The molecule has 1 aromatic rings. The second kappa shape index (κ2) is 10.1. The molecule has 0 spiro atoms. The molecule has 27 heavy (non-hydrogen) atoms. The van der Waals surface area contributed by atoms with Gasteiger partial charge in [0.15, 0.2) is 0 Å². The lowest BCUT2D eigenvalue weighted by Gasteiger charge is -2.35. The number of halogens is 1. The maximum atomic E-state index is 12.7. The molecule has 150 valence electrons. The molecular formula is C21H32ClN3O2. The first-order chi connectivity index (χ1) is 12.5. The van der Waals surface area contributed by atoms with Gasteiger partial charge in [-0.1, -0.05) is 36.2 Å². The van der Waals surface area contributed by atoms with E-state index in [-0.39, 0.29) is 42.1 Å². The van der Waals surface area contributed by atoms with Gasteiger partial charge in [-0.3, -0.25) is 9.59 Å². The van der Waals surface area contributed by atoms with Crippen molar-refractivity contribution in [2.24, 2.45) is 17.6 Å². The number of benzene rings is 1. The number of carbonyl (C=O) groups is 2. The molecule has 2 atom stereocenters. The summed E-state index contributed by atoms with van der Waals surface area (Å²) in [6, 6.07) is 8.38. The summed E-state index contributed by atoms with van der Waals surface area (Å²) in [6.45, 7) is 4.00. The van der Waals surface area contributed by atoms with Crippen LogP contribution in [0.3, 0.4) is 0 Å². The Bertz CT molecular complexity index is 627. The summed E-state index contributed by atoms with van der Waals surface area (Å²) in [7, 11) is 0. The van der Waals surface area contributed by atoms with Gasteiger partial charge >= 0.3 is 0 Å². The molecule has 1 aliphatic heterocycles. The predicted molar refractivity (Wildman–Crippen MR) is 110 cm³/mol. The van der Waals surface area contributed by atoms with Gasteiger partial charge in [0.2, 0.25) is 11.8 Å². The summed E-state index contributed by atoms with van der Waals surface area (Å²) >= 11 is 0. The summed E-state index contributed by atoms with van der Waals surface area (Å²) in [5.74, 6) is 0.458. The van der Waals surface area contributed by atoms with Crippen LogP contribution in [0.25, 0.3) is 0 Å². The fourth-order valence-electron chi connectivity index (χ4n) is 4.11. The number of piperidine rings is 1. The third-order valence-corrected chi connectivity index (χ3v) is 5.83. The minimum atomic E-state index is 0. The van der Waals surface area contributed by atoms with E-state index in [4.69, 9.17) is 5.73 Å². The summed E-state index contributed by atoms with van der Waals surface area (Å²) in [5, 5.41) is 3.04. The van der Waals surface area contributed by atoms with Gasteiger partial charge in [-0.15, -0.1) is 12.4 Å². The third-order valence-electron chi connectivity index (χ3n) is 5.83. The van der Waals surface area contributed by atoms with E-state index < -0.39 is 0 Å². The first-order valence-corrected chi connectivity index (χ1v) is 9.90. The maximum absolute atomic E-state index is 12.7. The van der Waals surface area contributed by atoms with Crippen molar-refractivity contribution in [3.63, 3.8) is 0 Å². The number of nitrogens with one attached hydrogen (secondary N) is 1. The van der Waals surface area contributed by atoms with Gasteiger partial charge in [-0.05, 0) is 44.6 Å². The highest BCUT2D eigenvalue weighted by Crippen LogP contribution is 2.27. The van der Waals surface area contributed by atoms with Gasteiger partial charge in [-0.2, -0.15) is 0 Å². The van der Waals surface area contributed by atoms with Crippen molar-refractivity contribution in [2.45, 2.75) is 58.0 Å². The van der Waals surface area contributed by atoms with Crippen molar-refractivity contribution in [2.75, 3.05) is 13.1 Å². The van der Waals surface area contributed by atoms with E-state index in [1.165, 1.54) is 5.56 Å². The van der Waals surface area contributed by atoms with E-state index >= 15 is 0 Å². The van der Waals surface area contributed by atoms with Crippen LogP contribution in [0.2, 0.25) is 0 Å². The Kier molecular flexibility index (Phi) is 8.11. The highest BCUT2D eigenvalue weighted by atomic mass is 35.5. The number of hydrogen-bond donors (Lipinski definition) is 2. The molecule has 6 heteroatoms. The number of likely N-dealkylation sites (tertiary alicyclic amines) is 1. The number of nitrogens with zero attached hydrogens (tertiary/aromatic N) is 1. The quantitative estimate of drug-likeness (QED) is 0.825. The molecule has 3 rings (SSSR count). The Hall–Kier alpha value is -1.59. The molecule has 1 aromatic carbocycles. The van der Waals surface area contributed by atoms with Crippen LogP contribution in [0.15, 0.2) is 24.3 Å². The Morgan fingerprint density at radius 1 is 1.07 bits per heavy atom. The van der Waals surface area contributed by atoms with Crippen LogP contribution >= 0.6 is 12.4 Å². The standard InChI is InChI=1S/C21H31N3O2.ClH/c1-15-5-7-16(8-6-15)14-23-20(25)17-9-11-24(12-10-17)21(26)18-3-2-4-19(22)13-18;/h5-8,17-19H,2-4,9-14,22H2,1H3,(H,23,25);1H. The van der Waals surface area contributed by atoms with Crippen molar-refractivity contribution in [3.8, 4) is 0 Å². The molecule has 0 bridgehead atoms. The second-order valence-electron chi connectivity index (χ2n) is 7.93. The zero-order valence-corrected chi connectivity index (χ0v) is 17.0. The lowest BCUT2D eigenvalue weighted by molar-refractivity contribution is -0.140. The normalized spacial score (nSPS) is 23.4. The Balaban J connectivity index is 0.00000261. The molecule has 2 unspecified atom stereocenters. The fourth-order valence-corrected chi connectivity index (χ4v) is 4.11. The number of aryl methyl sites for hydroxylation is 1. The van der Waals surface area contributed by atoms with Gasteiger partial charge in [0, 0.05) is 37.5 Å². The van der Waals surface area contributed by atoms with Crippen molar-refractivity contribution in [3.05, 3.63) is 35.4 Å². The molecule has 2 amide bonds. The van der Waals surface area contributed by atoms with Crippen LogP contribution in [0.5, 0.6) is 0 Å². The number of amides is 2. The van der Waals surface area contributed by atoms with Crippen LogP contribution < -0.4 is 11.1 Å². The first-order valence-electron chi connectivity index (χ1n) is 9.90. The van der Waals surface area contributed by atoms with E-state index in [1.807, 2.05) is 17.0 Å². The number of nitrogens with two attached hydrogens (primary N) is 1. The SMILES string of the molecule is Cc1ccc(CNC(=O)C2CCN(C(=O)C3CCCC(N)C3)CC2)cc1.Cl. The van der Waals surface area contributed by atoms with Crippen LogP contribution in [0.4, 0.5) is 0 Å². The largest absolute Gasteiger partial charge is 0.352 e. The molecular weight excluding hydrogens is 362 g/mol. The number of carbonyl (C=O) groups excluding carboxylic acids is 2. The van der Waals surface area contributed by atoms with Gasteiger partial charge in [0.05, 0.1) is 0 Å². The van der Waals surface area contributed by atoms with E-state index in [2.05, 4.69) is 24.4 Å². The molecule has 2 fully saturated rings. The van der Waals surface area contributed by atoms with Crippen molar-refractivity contribution in [1.29, 1.82) is 0 Å². The van der Waals surface area contributed by atoms with Crippen LogP contribution in [-0.2, 0) is 16.1 Å².